The second-order valence-corrected chi connectivity index (χ2v) is 7.36. The normalized spacial score (nSPS) is 18.1. The Hall–Kier alpha value is -1.59. The highest BCUT2D eigenvalue weighted by atomic mass is 79.9. The van der Waals surface area contributed by atoms with E-state index in [1.165, 1.54) is 16.7 Å². The van der Waals surface area contributed by atoms with Gasteiger partial charge >= 0.3 is 0 Å². The first-order valence-corrected chi connectivity index (χ1v) is 8.57. The van der Waals surface area contributed by atoms with Crippen LogP contribution in [0.25, 0.3) is 0 Å². The predicted octanol–water partition coefficient (Wildman–Crippen LogP) is 4.18. The molecule has 1 aliphatic heterocycles. The number of aryl methyl sites for hydroxylation is 1. The molecule has 2 aromatic rings. The monoisotopic (exact) mass is 375 g/mol. The number of benzene rings is 2. The van der Waals surface area contributed by atoms with Crippen molar-refractivity contribution in [2.45, 2.75) is 23.5 Å². The van der Waals surface area contributed by atoms with E-state index in [4.69, 9.17) is 0 Å². The maximum absolute atomic E-state index is 12.6. The summed E-state index contributed by atoms with van der Waals surface area (Å²) in [4.78, 5) is 27.1. The van der Waals surface area contributed by atoms with Gasteiger partial charge in [-0.05, 0) is 43.3 Å². The van der Waals surface area contributed by atoms with Crippen LogP contribution in [-0.2, 0) is 9.59 Å². The van der Waals surface area contributed by atoms with Gasteiger partial charge in [-0.1, -0.05) is 33.6 Å². The summed E-state index contributed by atoms with van der Waals surface area (Å²) in [6.07, 6.45) is 0.244. The van der Waals surface area contributed by atoms with Crippen LogP contribution >= 0.6 is 27.7 Å². The minimum atomic E-state index is -0.349. The Morgan fingerprint density at radius 3 is 2.55 bits per heavy atom. The highest BCUT2D eigenvalue weighted by Gasteiger charge is 2.40. The molecule has 1 saturated heterocycles. The van der Waals surface area contributed by atoms with E-state index >= 15 is 0 Å². The molecule has 2 aromatic carbocycles. The number of carbonyl (C=O) groups is 2. The average Bonchev–Trinajstić information content (AvgIpc) is 2.75. The van der Waals surface area contributed by atoms with Crippen LogP contribution < -0.4 is 4.90 Å². The Bertz CT molecular complexity index is 730. The van der Waals surface area contributed by atoms with Crippen LogP contribution in [0.1, 0.15) is 12.0 Å². The quantitative estimate of drug-likeness (QED) is 0.755. The second-order valence-electron chi connectivity index (χ2n) is 5.17. The van der Waals surface area contributed by atoms with Crippen LogP contribution in [0.15, 0.2) is 57.9 Å². The van der Waals surface area contributed by atoms with Crippen molar-refractivity contribution in [2.24, 2.45) is 0 Å². The molecule has 0 unspecified atom stereocenters. The van der Waals surface area contributed by atoms with Gasteiger partial charge in [-0.2, -0.15) is 0 Å². The predicted molar refractivity (Wildman–Crippen MR) is 92.1 cm³/mol. The largest absolute Gasteiger partial charge is 0.274 e. The molecular weight excluding hydrogens is 362 g/mol. The highest BCUT2D eigenvalue weighted by Crippen LogP contribution is 2.34. The molecule has 112 valence electrons. The zero-order valence-corrected chi connectivity index (χ0v) is 14.4. The Balaban J connectivity index is 1.81. The van der Waals surface area contributed by atoms with Crippen molar-refractivity contribution in [3.63, 3.8) is 0 Å². The molecule has 0 N–H and O–H groups in total. The number of amides is 2. The molecule has 2 amide bonds. The van der Waals surface area contributed by atoms with E-state index in [0.717, 1.165) is 14.9 Å². The lowest BCUT2D eigenvalue weighted by molar-refractivity contribution is -0.121. The van der Waals surface area contributed by atoms with Crippen LogP contribution in [0.5, 0.6) is 0 Å². The third kappa shape index (κ3) is 3.10. The van der Waals surface area contributed by atoms with Gasteiger partial charge in [0.15, 0.2) is 0 Å². The van der Waals surface area contributed by atoms with E-state index < -0.39 is 0 Å². The van der Waals surface area contributed by atoms with Gasteiger partial charge in [0.2, 0.25) is 11.8 Å². The first-order valence-electron chi connectivity index (χ1n) is 6.90. The van der Waals surface area contributed by atoms with Crippen molar-refractivity contribution in [3.8, 4) is 0 Å². The molecular formula is C17H14BrNO2S. The van der Waals surface area contributed by atoms with Gasteiger partial charge in [0.1, 0.15) is 0 Å². The zero-order chi connectivity index (χ0) is 15.7. The number of thioether (sulfide) groups is 1. The maximum Gasteiger partial charge on any atom is 0.247 e. The molecule has 0 radical (unpaired) electrons. The van der Waals surface area contributed by atoms with Gasteiger partial charge in [-0.3, -0.25) is 9.59 Å². The fourth-order valence-corrected chi connectivity index (χ4v) is 3.85. The SMILES string of the molecule is Cc1cccc(S[C@@H]2CC(=O)N(c3ccc(Br)cc3)C2=O)c1. The lowest BCUT2D eigenvalue weighted by Crippen LogP contribution is -2.31. The van der Waals surface area contributed by atoms with Gasteiger partial charge in [0.05, 0.1) is 10.9 Å². The summed E-state index contributed by atoms with van der Waals surface area (Å²) in [5.74, 6) is -0.281. The van der Waals surface area contributed by atoms with Gasteiger partial charge in [-0.15, -0.1) is 11.8 Å². The number of anilines is 1. The number of rotatable bonds is 3. The second kappa shape index (κ2) is 6.26. The minimum Gasteiger partial charge on any atom is -0.274 e. The van der Waals surface area contributed by atoms with Gasteiger partial charge < -0.3 is 0 Å². The van der Waals surface area contributed by atoms with Crippen molar-refractivity contribution in [3.05, 3.63) is 58.6 Å². The van der Waals surface area contributed by atoms with Crippen molar-refractivity contribution >= 4 is 45.2 Å². The van der Waals surface area contributed by atoms with Gasteiger partial charge in [0.25, 0.3) is 0 Å². The van der Waals surface area contributed by atoms with Crippen LogP contribution in [0.2, 0.25) is 0 Å². The molecule has 0 saturated carbocycles. The lowest BCUT2D eigenvalue weighted by Gasteiger charge is -2.15. The average molecular weight is 376 g/mol. The molecule has 1 aliphatic rings. The van der Waals surface area contributed by atoms with E-state index in [0.29, 0.717) is 5.69 Å². The number of nitrogens with zero attached hydrogens (tertiary/aromatic N) is 1. The topological polar surface area (TPSA) is 37.4 Å². The fraction of sp³-hybridized carbons (Fsp3) is 0.176. The molecule has 1 heterocycles. The molecule has 1 atom stereocenters. The molecule has 5 heteroatoms. The van der Waals surface area contributed by atoms with Crippen molar-refractivity contribution < 1.29 is 9.59 Å². The number of hydrogen-bond acceptors (Lipinski definition) is 3. The molecule has 22 heavy (non-hydrogen) atoms. The molecule has 3 rings (SSSR count). The first-order chi connectivity index (χ1) is 10.5. The van der Waals surface area contributed by atoms with Crippen LogP contribution in [0, 0.1) is 6.92 Å². The van der Waals surface area contributed by atoms with E-state index in [-0.39, 0.29) is 23.5 Å². The minimum absolute atomic E-state index is 0.140. The Labute approximate surface area is 141 Å². The Kier molecular flexibility index (Phi) is 4.36. The number of imide groups is 1. The van der Waals surface area contributed by atoms with Crippen LogP contribution in [-0.4, -0.2) is 17.1 Å². The number of hydrogen-bond donors (Lipinski definition) is 0. The summed E-state index contributed by atoms with van der Waals surface area (Å²) in [6.45, 7) is 2.01. The molecule has 0 aliphatic carbocycles. The molecule has 3 nitrogen and oxygen atoms in total. The third-order valence-electron chi connectivity index (χ3n) is 3.46. The van der Waals surface area contributed by atoms with Gasteiger partial charge in [-0.25, -0.2) is 4.90 Å². The third-order valence-corrected chi connectivity index (χ3v) is 5.17. The van der Waals surface area contributed by atoms with E-state index in [9.17, 15) is 9.59 Å². The fourth-order valence-electron chi connectivity index (χ4n) is 2.41. The molecule has 0 aromatic heterocycles. The van der Waals surface area contributed by atoms with E-state index in [1.807, 2.05) is 43.3 Å². The summed E-state index contributed by atoms with van der Waals surface area (Å²) >= 11 is 4.81. The summed E-state index contributed by atoms with van der Waals surface area (Å²) in [5, 5.41) is -0.349. The van der Waals surface area contributed by atoms with Gasteiger partial charge in [0, 0.05) is 15.8 Å². The lowest BCUT2D eigenvalue weighted by atomic mass is 10.2. The Morgan fingerprint density at radius 2 is 1.86 bits per heavy atom. The molecule has 0 spiro atoms. The first kappa shape index (κ1) is 15.3. The van der Waals surface area contributed by atoms with E-state index in [1.54, 1.807) is 12.1 Å². The van der Waals surface area contributed by atoms with E-state index in [2.05, 4.69) is 15.9 Å². The summed E-state index contributed by atoms with van der Waals surface area (Å²) < 4.78 is 0.918. The maximum atomic E-state index is 12.6. The summed E-state index contributed by atoms with van der Waals surface area (Å²) in [5.41, 5.74) is 1.78. The highest BCUT2D eigenvalue weighted by molar-refractivity contribution is 9.10. The van der Waals surface area contributed by atoms with Crippen LogP contribution in [0.3, 0.4) is 0 Å². The number of halogens is 1. The zero-order valence-electron chi connectivity index (χ0n) is 12.0. The smallest absolute Gasteiger partial charge is 0.247 e. The summed E-state index contributed by atoms with van der Waals surface area (Å²) in [7, 11) is 0. The molecule has 0 bridgehead atoms. The van der Waals surface area contributed by atoms with Crippen molar-refractivity contribution in [1.82, 2.24) is 0 Å². The van der Waals surface area contributed by atoms with Crippen molar-refractivity contribution in [1.29, 1.82) is 0 Å². The summed E-state index contributed by atoms with van der Waals surface area (Å²) in [6, 6.07) is 15.2. The Morgan fingerprint density at radius 1 is 1.14 bits per heavy atom. The number of carbonyl (C=O) groups excluding carboxylic acids is 2. The van der Waals surface area contributed by atoms with Crippen LogP contribution in [0.4, 0.5) is 5.69 Å². The standard InChI is InChI=1S/C17H14BrNO2S/c1-11-3-2-4-14(9-11)22-15-10-16(20)19(17(15)21)13-7-5-12(18)6-8-13/h2-9,15H,10H2,1H3/t15-/m1/s1. The molecule has 1 fully saturated rings. The van der Waals surface area contributed by atoms with Crippen molar-refractivity contribution in [2.75, 3.05) is 4.90 Å².